The van der Waals surface area contributed by atoms with Gasteiger partial charge < -0.3 is 9.13 Å². The van der Waals surface area contributed by atoms with Gasteiger partial charge in [-0.1, -0.05) is 388 Å². The Labute approximate surface area is 751 Å². The van der Waals surface area contributed by atoms with Gasteiger partial charge in [0, 0.05) is 55.9 Å². The zero-order valence-electron chi connectivity index (χ0n) is 71.0. The first-order chi connectivity index (χ1) is 64.4. The van der Waals surface area contributed by atoms with Crippen LogP contribution in [-0.2, 0) is 0 Å². The van der Waals surface area contributed by atoms with Gasteiger partial charge in [-0.3, -0.25) is 4.79 Å². The maximum atomic E-state index is 14.0. The summed E-state index contributed by atoms with van der Waals surface area (Å²) in [6, 6.07) is 177. The molecule has 2 heterocycles. The Kier molecular flexibility index (Phi) is 17.3. The van der Waals surface area contributed by atoms with E-state index < -0.39 is 0 Å². The molecule has 3 heteroatoms. The van der Waals surface area contributed by atoms with Crippen LogP contribution in [-0.4, -0.2) is 14.9 Å². The van der Waals surface area contributed by atoms with E-state index in [2.05, 4.69) is 434 Å². The van der Waals surface area contributed by atoms with E-state index in [0.717, 1.165) is 89.1 Å². The van der Waals surface area contributed by atoms with E-state index in [4.69, 9.17) is 0 Å². The fourth-order valence-electron chi connectivity index (χ4n) is 22.3. The molecule has 130 heavy (non-hydrogen) atoms. The van der Waals surface area contributed by atoms with Gasteiger partial charge in [0.1, 0.15) is 0 Å². The molecule has 0 fully saturated rings. The Hall–Kier alpha value is -16.9. The van der Waals surface area contributed by atoms with Crippen LogP contribution in [0.2, 0.25) is 0 Å². The van der Waals surface area contributed by atoms with Crippen LogP contribution in [0.15, 0.2) is 473 Å². The molecule has 2 unspecified atom stereocenters. The summed E-state index contributed by atoms with van der Waals surface area (Å²) in [5, 5.41) is 23.8. The van der Waals surface area contributed by atoms with Gasteiger partial charge in [0.25, 0.3) is 0 Å². The van der Waals surface area contributed by atoms with Crippen LogP contribution < -0.4 is 10.4 Å². The molecular weight excluding hydrogens is 1570 g/mol. The summed E-state index contributed by atoms with van der Waals surface area (Å²) in [6.07, 6.45) is 0. The molecule has 25 aromatic rings. The van der Waals surface area contributed by atoms with Crippen molar-refractivity contribution >= 4 is 136 Å². The van der Waals surface area contributed by atoms with E-state index >= 15 is 0 Å². The molecule has 604 valence electrons. The standard InChI is InChI=1S/C127H80N2O/c130-127(86-47-23-8-24-48-86)94-52-32-50-88(68-94)90-60-64-100-99-63-59-89(69-107(99)97-53-25-26-54-98(97)108(100)70-90)87-49-31-51-93(67-87)122-120(84-43-19-6-20-44-84)119(83-41-17-5-18-42-83)121(85-45-21-7-22-46-85)125-113-75-95(128-115-57-29-27-55-101(115)103-65-61-91(71-117(103)128)79-33-9-1-10-34-79)73-111-109-77-105(81-37-13-3-14-38-81)106(82-39-15-4-16-40-82)78-110(109)112-74-96(76-114(126(122)125)124(112)123(111)113)129-116-58-30-28-56-102(116)104-66-62-92(72-118(104)129)80-35-11-2-12-36-80/h1-78,119-120H. The van der Waals surface area contributed by atoms with Gasteiger partial charge in [-0.05, 0) is 271 Å². The number of ketones is 1. The quantitative estimate of drug-likeness (QED) is 0.0606. The molecule has 0 saturated heterocycles. The maximum absolute atomic E-state index is 14.0. The normalized spacial score (nSPS) is 13.5. The lowest BCUT2D eigenvalue weighted by Gasteiger charge is -2.37. The molecule has 0 radical (unpaired) electrons. The highest BCUT2D eigenvalue weighted by Crippen LogP contribution is 2.54. The minimum atomic E-state index is -0.274. The van der Waals surface area contributed by atoms with E-state index in [0.29, 0.717) is 11.1 Å². The van der Waals surface area contributed by atoms with Crippen LogP contribution in [0.1, 0.15) is 50.0 Å². The fourth-order valence-corrected chi connectivity index (χ4v) is 22.3. The molecule has 2 aromatic heterocycles. The lowest BCUT2D eigenvalue weighted by molar-refractivity contribution is 0.103. The molecule has 0 bridgehead atoms. The molecule has 1 aliphatic carbocycles. The topological polar surface area (TPSA) is 26.9 Å². The predicted octanol–water partition coefficient (Wildman–Crippen LogP) is 31.6. The van der Waals surface area contributed by atoms with Crippen molar-refractivity contribution in [1.82, 2.24) is 9.13 Å². The van der Waals surface area contributed by atoms with E-state index in [-0.39, 0.29) is 17.6 Å². The van der Waals surface area contributed by atoms with Crippen LogP contribution >= 0.6 is 0 Å². The van der Waals surface area contributed by atoms with Crippen LogP contribution in [0.25, 0.3) is 208 Å². The summed E-state index contributed by atoms with van der Waals surface area (Å²) in [6.45, 7) is 0. The minimum Gasteiger partial charge on any atom is -0.309 e. The fraction of sp³-hybridized carbons (Fsp3) is 0.0157. The van der Waals surface area contributed by atoms with Crippen molar-refractivity contribution in [2.75, 3.05) is 0 Å². The Bertz CT molecular complexity index is 9050. The Morgan fingerprint density at radius 2 is 0.477 bits per heavy atom. The number of carbonyl (C=O) groups is 1. The number of hydrogen-bond acceptors (Lipinski definition) is 1. The lowest BCUT2D eigenvalue weighted by atomic mass is 9.65. The first kappa shape index (κ1) is 74.6. The van der Waals surface area contributed by atoms with Gasteiger partial charge in [-0.25, -0.2) is 0 Å². The molecule has 3 nitrogen and oxygen atoms in total. The minimum absolute atomic E-state index is 0.00957. The molecule has 1 aliphatic rings. The number of para-hydroxylation sites is 2. The first-order valence-corrected chi connectivity index (χ1v) is 45.1. The van der Waals surface area contributed by atoms with Crippen molar-refractivity contribution in [3.8, 4) is 78.1 Å². The van der Waals surface area contributed by atoms with Gasteiger partial charge in [-0.2, -0.15) is 0 Å². The molecule has 2 atom stereocenters. The molecule has 0 spiro atoms. The number of hydrogen-bond donors (Lipinski definition) is 0. The number of rotatable bonds is 14. The number of aromatic nitrogens is 2. The predicted molar refractivity (Wildman–Crippen MR) is 547 cm³/mol. The van der Waals surface area contributed by atoms with Crippen LogP contribution in [0, 0.1) is 0 Å². The third-order valence-electron chi connectivity index (χ3n) is 28.0. The number of carbonyl (C=O) groups excluding carboxylic acids is 1. The van der Waals surface area contributed by atoms with Gasteiger partial charge >= 0.3 is 0 Å². The average Bonchev–Trinajstić information content (AvgIpc) is 0.839. The van der Waals surface area contributed by atoms with Crippen LogP contribution in [0.4, 0.5) is 0 Å². The second-order valence-electron chi connectivity index (χ2n) is 35.1. The van der Waals surface area contributed by atoms with E-state index in [1.54, 1.807) is 0 Å². The number of fused-ring (bicyclic) bond motifs is 18. The molecule has 23 aromatic carbocycles. The summed E-state index contributed by atoms with van der Waals surface area (Å²) in [5.74, 6) is -0.516. The highest BCUT2D eigenvalue weighted by Gasteiger charge is 2.39. The second kappa shape index (κ2) is 30.2. The van der Waals surface area contributed by atoms with Gasteiger partial charge in [0.15, 0.2) is 5.78 Å². The lowest BCUT2D eigenvalue weighted by Crippen LogP contribution is -2.40. The van der Waals surface area contributed by atoms with Gasteiger partial charge in [-0.15, -0.1) is 0 Å². The smallest absolute Gasteiger partial charge is 0.193 e. The number of benzene rings is 23. The van der Waals surface area contributed by atoms with E-state index in [1.165, 1.54) is 152 Å². The first-order valence-electron chi connectivity index (χ1n) is 45.1. The van der Waals surface area contributed by atoms with Crippen molar-refractivity contribution < 1.29 is 4.79 Å². The second-order valence-corrected chi connectivity index (χ2v) is 35.1. The highest BCUT2D eigenvalue weighted by molar-refractivity contribution is 6.36. The molecule has 0 amide bonds. The van der Waals surface area contributed by atoms with Crippen molar-refractivity contribution in [1.29, 1.82) is 0 Å². The monoisotopic (exact) mass is 1650 g/mol. The largest absolute Gasteiger partial charge is 0.309 e. The zero-order chi connectivity index (χ0) is 85.6. The Morgan fingerprint density at radius 1 is 0.177 bits per heavy atom. The summed E-state index contributed by atoms with van der Waals surface area (Å²) in [7, 11) is 0. The van der Waals surface area contributed by atoms with Crippen molar-refractivity contribution in [3.05, 3.63) is 517 Å². The van der Waals surface area contributed by atoms with Gasteiger partial charge in [0.05, 0.1) is 22.1 Å². The van der Waals surface area contributed by atoms with Crippen LogP contribution in [0.3, 0.4) is 0 Å². The summed E-state index contributed by atoms with van der Waals surface area (Å²) in [5.41, 5.74) is 28.9. The average molecular weight is 1650 g/mol. The molecule has 26 rings (SSSR count). The Balaban J connectivity index is 0.841. The summed E-state index contributed by atoms with van der Waals surface area (Å²) < 4.78 is 5.19. The third-order valence-corrected chi connectivity index (χ3v) is 28.0. The van der Waals surface area contributed by atoms with Crippen molar-refractivity contribution in [2.24, 2.45) is 0 Å². The maximum Gasteiger partial charge on any atom is 0.193 e. The number of nitrogens with zero attached hydrogens (tertiary/aromatic N) is 2. The zero-order valence-corrected chi connectivity index (χ0v) is 71.0. The van der Waals surface area contributed by atoms with Crippen molar-refractivity contribution in [2.45, 2.75) is 11.8 Å². The van der Waals surface area contributed by atoms with Crippen molar-refractivity contribution in [3.63, 3.8) is 0 Å². The van der Waals surface area contributed by atoms with E-state index in [1.807, 2.05) is 48.5 Å². The Morgan fingerprint density at radius 3 is 0.931 bits per heavy atom. The van der Waals surface area contributed by atoms with Crippen LogP contribution in [0.5, 0.6) is 0 Å². The SMILES string of the molecule is O=C(c1ccccc1)c1cccc(-c2ccc3c4ccc(-c5cccc(C6=c7c(c8cc(-n9c%10ccccc%10c%10ccc(-c%11ccccc%11)cc%109)cc9c%10cc(-c%11ccccc%11)c(-c%11ccccc%11)cc%10c%10cc(-n%11c%12ccccc%12c%12ccc(-c%13ccccc%13)cc%12%11)cc7c%10c89)=C(c7ccccc7)C(c7ccccc7)C6c6ccccc6)c5)cc4c4ccccc4c3c2)c1. The molecule has 0 N–H and O–H groups in total. The van der Waals surface area contributed by atoms with Gasteiger partial charge in [0.2, 0.25) is 0 Å². The third kappa shape index (κ3) is 11.9. The summed E-state index contributed by atoms with van der Waals surface area (Å²) in [4.78, 5) is 14.0. The van der Waals surface area contributed by atoms with E-state index in [9.17, 15) is 4.79 Å². The molecule has 0 aliphatic heterocycles. The summed E-state index contributed by atoms with van der Waals surface area (Å²) >= 11 is 0. The molecule has 0 saturated carbocycles. The highest BCUT2D eigenvalue weighted by atomic mass is 16.1. The molecular formula is C127H80N2O.